The van der Waals surface area contributed by atoms with Crippen LogP contribution in [0.15, 0.2) is 24.8 Å². The van der Waals surface area contributed by atoms with Crippen LogP contribution in [0.25, 0.3) is 0 Å². The summed E-state index contributed by atoms with van der Waals surface area (Å²) in [5.74, 6) is -1.45. The van der Waals surface area contributed by atoms with E-state index in [-0.39, 0.29) is 5.69 Å². The summed E-state index contributed by atoms with van der Waals surface area (Å²) in [6.45, 7) is 0.977. The van der Waals surface area contributed by atoms with Gasteiger partial charge in [-0.15, -0.1) is 6.58 Å². The Kier molecular flexibility index (Phi) is 4.68. The zero-order valence-electron chi connectivity index (χ0n) is 9.05. The Morgan fingerprint density at radius 1 is 1.47 bits per heavy atom. The van der Waals surface area contributed by atoms with E-state index in [1.807, 2.05) is 0 Å². The Morgan fingerprint density at radius 2 is 2.18 bits per heavy atom. The van der Waals surface area contributed by atoms with Gasteiger partial charge in [-0.3, -0.25) is 0 Å². The topological polar surface area (TPSA) is 47.3 Å². The quantitative estimate of drug-likeness (QED) is 0.461. The second-order valence-corrected chi connectivity index (χ2v) is 3.25. The molecule has 0 radical (unpaired) electrons. The highest BCUT2D eigenvalue weighted by Gasteiger charge is 2.12. The maximum Gasteiger partial charge on any atom is 0.387 e. The lowest BCUT2D eigenvalue weighted by Crippen LogP contribution is -2.07. The highest BCUT2D eigenvalue weighted by molar-refractivity contribution is 5.68. The van der Waals surface area contributed by atoms with Gasteiger partial charge in [0.2, 0.25) is 0 Å². The molecule has 0 aliphatic heterocycles. The molecule has 0 spiro atoms. The van der Waals surface area contributed by atoms with Gasteiger partial charge < -0.3 is 15.8 Å². The number of benzene rings is 1. The molecule has 1 rings (SSSR count). The van der Waals surface area contributed by atoms with Gasteiger partial charge in [-0.25, -0.2) is 4.39 Å². The molecule has 17 heavy (non-hydrogen) atoms. The van der Waals surface area contributed by atoms with Gasteiger partial charge in [-0.05, 0) is 6.42 Å². The molecule has 1 aromatic carbocycles. The molecule has 0 aromatic heterocycles. The zero-order chi connectivity index (χ0) is 12.8. The van der Waals surface area contributed by atoms with Crippen LogP contribution in [-0.4, -0.2) is 13.2 Å². The summed E-state index contributed by atoms with van der Waals surface area (Å²) in [7, 11) is 0. The van der Waals surface area contributed by atoms with E-state index >= 15 is 0 Å². The van der Waals surface area contributed by atoms with E-state index in [1.165, 1.54) is 0 Å². The van der Waals surface area contributed by atoms with Crippen molar-refractivity contribution >= 4 is 11.4 Å². The lowest BCUT2D eigenvalue weighted by atomic mass is 10.2. The summed E-state index contributed by atoms with van der Waals surface area (Å²) in [6.07, 6.45) is 2.35. The molecule has 3 nitrogen and oxygen atoms in total. The molecule has 3 N–H and O–H groups in total. The van der Waals surface area contributed by atoms with E-state index in [9.17, 15) is 13.2 Å². The number of anilines is 2. The van der Waals surface area contributed by atoms with E-state index in [0.717, 1.165) is 12.1 Å². The van der Waals surface area contributed by atoms with Gasteiger partial charge in [0.25, 0.3) is 0 Å². The molecule has 0 atom stereocenters. The van der Waals surface area contributed by atoms with Crippen LogP contribution < -0.4 is 15.8 Å². The van der Waals surface area contributed by atoms with Crippen LogP contribution in [0, 0.1) is 5.82 Å². The van der Waals surface area contributed by atoms with E-state index in [1.54, 1.807) is 6.08 Å². The third-order valence-electron chi connectivity index (χ3n) is 1.98. The minimum atomic E-state index is -3.07. The number of nitrogens with two attached hydrogens (primary N) is 1. The average Bonchev–Trinajstić information content (AvgIpc) is 2.24. The van der Waals surface area contributed by atoms with Crippen molar-refractivity contribution in [2.75, 3.05) is 17.6 Å². The fraction of sp³-hybridized carbons (Fsp3) is 0.273. The molecule has 0 unspecified atom stereocenters. The van der Waals surface area contributed by atoms with Crippen molar-refractivity contribution < 1.29 is 17.9 Å². The van der Waals surface area contributed by atoms with Crippen molar-refractivity contribution in [2.45, 2.75) is 13.0 Å². The fourth-order valence-electron chi connectivity index (χ4n) is 1.22. The number of hydrogen-bond acceptors (Lipinski definition) is 3. The molecule has 6 heteroatoms. The van der Waals surface area contributed by atoms with Crippen molar-refractivity contribution in [1.82, 2.24) is 0 Å². The summed E-state index contributed by atoms with van der Waals surface area (Å²) >= 11 is 0. The minimum absolute atomic E-state index is 0.133. The fourth-order valence-corrected chi connectivity index (χ4v) is 1.22. The molecule has 0 heterocycles. The molecule has 0 aliphatic carbocycles. The number of ether oxygens (including phenoxy) is 1. The van der Waals surface area contributed by atoms with E-state index in [0.29, 0.717) is 18.7 Å². The maximum atomic E-state index is 13.2. The van der Waals surface area contributed by atoms with Crippen LogP contribution >= 0.6 is 0 Å². The predicted molar refractivity (Wildman–Crippen MR) is 60.7 cm³/mol. The summed E-state index contributed by atoms with van der Waals surface area (Å²) in [4.78, 5) is 0. The lowest BCUT2D eigenvalue weighted by Gasteiger charge is -2.12. The van der Waals surface area contributed by atoms with Crippen molar-refractivity contribution in [1.29, 1.82) is 0 Å². The first-order valence-electron chi connectivity index (χ1n) is 4.93. The summed E-state index contributed by atoms with van der Waals surface area (Å²) in [6, 6.07) is 2.05. The lowest BCUT2D eigenvalue weighted by molar-refractivity contribution is -0.0521. The van der Waals surface area contributed by atoms with Gasteiger partial charge in [-0.2, -0.15) is 8.78 Å². The van der Waals surface area contributed by atoms with Crippen LogP contribution in [0.1, 0.15) is 6.42 Å². The Labute approximate surface area is 97.1 Å². The monoisotopic (exact) mass is 246 g/mol. The van der Waals surface area contributed by atoms with Crippen LogP contribution in [0.5, 0.6) is 5.75 Å². The Balaban J connectivity index is 2.85. The Bertz CT molecular complexity index is 397. The minimum Gasteiger partial charge on any atom is -0.432 e. The molecular weight excluding hydrogens is 233 g/mol. The molecule has 0 aliphatic rings. The SMILES string of the molecule is C=CCCNc1cc(OC(F)F)c(F)cc1N. The molecule has 0 bridgehead atoms. The van der Waals surface area contributed by atoms with E-state index in [2.05, 4.69) is 16.6 Å². The molecule has 0 amide bonds. The third-order valence-corrected chi connectivity index (χ3v) is 1.98. The number of rotatable bonds is 6. The number of hydrogen-bond donors (Lipinski definition) is 2. The van der Waals surface area contributed by atoms with Crippen molar-refractivity contribution in [3.63, 3.8) is 0 Å². The number of nitrogens with one attached hydrogen (secondary N) is 1. The van der Waals surface area contributed by atoms with Crippen molar-refractivity contribution in [3.05, 3.63) is 30.6 Å². The van der Waals surface area contributed by atoms with E-state index < -0.39 is 18.2 Å². The van der Waals surface area contributed by atoms with Crippen molar-refractivity contribution in [2.24, 2.45) is 0 Å². The smallest absolute Gasteiger partial charge is 0.387 e. The van der Waals surface area contributed by atoms with Gasteiger partial charge >= 0.3 is 6.61 Å². The maximum absolute atomic E-state index is 13.2. The molecule has 0 saturated heterocycles. The highest BCUT2D eigenvalue weighted by atomic mass is 19.3. The van der Waals surface area contributed by atoms with Gasteiger partial charge in [-0.1, -0.05) is 6.08 Å². The van der Waals surface area contributed by atoms with Crippen LogP contribution in [-0.2, 0) is 0 Å². The molecular formula is C11H13F3N2O. The largest absolute Gasteiger partial charge is 0.432 e. The number of alkyl halides is 2. The predicted octanol–water partition coefficient (Wildman–Crippen LogP) is 3.00. The Hall–Kier alpha value is -1.85. The average molecular weight is 246 g/mol. The van der Waals surface area contributed by atoms with Crippen molar-refractivity contribution in [3.8, 4) is 5.75 Å². The standard InChI is InChI=1S/C11H13F3N2O/c1-2-3-4-16-9-6-10(17-11(13)14)7(12)5-8(9)15/h2,5-6,11,16H,1,3-4,15H2. The zero-order valence-corrected chi connectivity index (χ0v) is 9.05. The highest BCUT2D eigenvalue weighted by Crippen LogP contribution is 2.29. The van der Waals surface area contributed by atoms with Crippen LogP contribution in [0.2, 0.25) is 0 Å². The number of halogens is 3. The molecule has 0 fully saturated rings. The van der Waals surface area contributed by atoms with Gasteiger partial charge in [0, 0.05) is 18.7 Å². The van der Waals surface area contributed by atoms with E-state index in [4.69, 9.17) is 5.73 Å². The normalized spacial score (nSPS) is 10.4. The first-order chi connectivity index (χ1) is 8.04. The van der Waals surface area contributed by atoms with Gasteiger partial charge in [0.1, 0.15) is 0 Å². The first-order valence-corrected chi connectivity index (χ1v) is 4.93. The second kappa shape index (κ2) is 6.03. The summed E-state index contributed by atoms with van der Waals surface area (Å²) in [5.41, 5.74) is 6.02. The molecule has 94 valence electrons. The van der Waals surface area contributed by atoms with Crippen LogP contribution in [0.3, 0.4) is 0 Å². The van der Waals surface area contributed by atoms with Gasteiger partial charge in [0.15, 0.2) is 11.6 Å². The second-order valence-electron chi connectivity index (χ2n) is 3.25. The van der Waals surface area contributed by atoms with Crippen LogP contribution in [0.4, 0.5) is 24.5 Å². The van der Waals surface area contributed by atoms with Gasteiger partial charge in [0.05, 0.1) is 11.4 Å². The summed E-state index contributed by atoms with van der Waals surface area (Å²) < 4.78 is 41.2. The molecule has 0 saturated carbocycles. The summed E-state index contributed by atoms with van der Waals surface area (Å²) in [5, 5.41) is 2.87. The number of nitrogen functional groups attached to an aromatic ring is 1. The first kappa shape index (κ1) is 13.2. The Morgan fingerprint density at radius 3 is 2.76 bits per heavy atom. The third kappa shape index (κ3) is 3.90. The molecule has 1 aromatic rings.